The standard InChI is InChI=1S/C12H19N2/c1-11(14(2)3)9-13-10-12-7-5-4-6-8-12/h5-8,11,13H,9-10H2,1-3H3. The second-order valence-electron chi connectivity index (χ2n) is 3.85. The van der Waals surface area contributed by atoms with Crippen LogP contribution in [0.25, 0.3) is 0 Å². The smallest absolute Gasteiger partial charge is 0.0206 e. The van der Waals surface area contributed by atoms with E-state index in [9.17, 15) is 0 Å². The van der Waals surface area contributed by atoms with Crippen molar-refractivity contribution >= 4 is 0 Å². The van der Waals surface area contributed by atoms with Gasteiger partial charge in [-0.25, -0.2) is 0 Å². The third-order valence-corrected chi connectivity index (χ3v) is 2.44. The van der Waals surface area contributed by atoms with Crippen LogP contribution in [0.1, 0.15) is 12.5 Å². The number of nitrogens with zero attached hydrogens (tertiary/aromatic N) is 1. The Morgan fingerprint density at radius 3 is 2.57 bits per heavy atom. The van der Waals surface area contributed by atoms with Crippen LogP contribution in [0.5, 0.6) is 0 Å². The molecule has 1 rings (SSSR count). The summed E-state index contributed by atoms with van der Waals surface area (Å²) in [5, 5.41) is 3.43. The number of rotatable bonds is 5. The Morgan fingerprint density at radius 1 is 1.36 bits per heavy atom. The van der Waals surface area contributed by atoms with Crippen LogP contribution in [-0.2, 0) is 6.54 Å². The first-order valence-corrected chi connectivity index (χ1v) is 5.02. The van der Waals surface area contributed by atoms with Crippen molar-refractivity contribution in [3.63, 3.8) is 0 Å². The van der Waals surface area contributed by atoms with Gasteiger partial charge in [-0.3, -0.25) is 0 Å². The molecule has 1 radical (unpaired) electrons. The highest BCUT2D eigenvalue weighted by Crippen LogP contribution is 1.97. The first-order valence-electron chi connectivity index (χ1n) is 5.02. The van der Waals surface area contributed by atoms with Crippen LogP contribution in [-0.4, -0.2) is 31.6 Å². The summed E-state index contributed by atoms with van der Waals surface area (Å²) < 4.78 is 0. The largest absolute Gasteiger partial charge is 0.311 e. The summed E-state index contributed by atoms with van der Waals surface area (Å²) in [6, 6.07) is 11.7. The Hall–Kier alpha value is -0.860. The molecule has 2 heteroatoms. The van der Waals surface area contributed by atoms with Crippen LogP contribution in [0.2, 0.25) is 0 Å². The van der Waals surface area contributed by atoms with Gasteiger partial charge in [-0.1, -0.05) is 24.3 Å². The van der Waals surface area contributed by atoms with E-state index < -0.39 is 0 Å². The van der Waals surface area contributed by atoms with Crippen LogP contribution in [0.15, 0.2) is 24.3 Å². The van der Waals surface area contributed by atoms with E-state index in [-0.39, 0.29) is 0 Å². The molecule has 0 fully saturated rings. The molecule has 0 aliphatic heterocycles. The summed E-state index contributed by atoms with van der Waals surface area (Å²) >= 11 is 0. The minimum Gasteiger partial charge on any atom is -0.311 e. The fourth-order valence-corrected chi connectivity index (χ4v) is 1.15. The number of hydrogen-bond donors (Lipinski definition) is 1. The summed E-state index contributed by atoms with van der Waals surface area (Å²) in [6.07, 6.45) is 0. The highest BCUT2D eigenvalue weighted by molar-refractivity contribution is 5.13. The Balaban J connectivity index is 2.22. The Bertz CT molecular complexity index is 244. The van der Waals surface area contributed by atoms with Gasteiger partial charge in [0.05, 0.1) is 0 Å². The van der Waals surface area contributed by atoms with Crippen LogP contribution in [0, 0.1) is 6.07 Å². The first-order chi connectivity index (χ1) is 6.70. The molecule has 14 heavy (non-hydrogen) atoms. The summed E-state index contributed by atoms with van der Waals surface area (Å²) in [4.78, 5) is 2.21. The molecule has 77 valence electrons. The molecule has 1 aromatic carbocycles. The molecule has 0 spiro atoms. The number of likely N-dealkylation sites (N-methyl/N-ethyl adjacent to an activating group) is 1. The summed E-state index contributed by atoms with van der Waals surface area (Å²) in [6.45, 7) is 4.17. The maximum Gasteiger partial charge on any atom is 0.0206 e. The van der Waals surface area contributed by atoms with Gasteiger partial charge in [0.15, 0.2) is 0 Å². The predicted molar refractivity (Wildman–Crippen MR) is 60.1 cm³/mol. The van der Waals surface area contributed by atoms with E-state index in [1.165, 1.54) is 5.56 Å². The van der Waals surface area contributed by atoms with Crippen molar-refractivity contribution in [3.05, 3.63) is 35.9 Å². The third-order valence-electron chi connectivity index (χ3n) is 2.44. The van der Waals surface area contributed by atoms with Crippen molar-refractivity contribution in [2.24, 2.45) is 0 Å². The predicted octanol–water partition coefficient (Wildman–Crippen LogP) is 1.53. The van der Waals surface area contributed by atoms with E-state index in [1.54, 1.807) is 0 Å². The molecule has 1 unspecified atom stereocenters. The summed E-state index contributed by atoms with van der Waals surface area (Å²) in [5.74, 6) is 0. The van der Waals surface area contributed by atoms with Crippen LogP contribution in [0.4, 0.5) is 0 Å². The van der Waals surface area contributed by atoms with Crippen molar-refractivity contribution < 1.29 is 0 Å². The third kappa shape index (κ3) is 3.90. The molecule has 0 saturated carbocycles. The van der Waals surface area contributed by atoms with Gasteiger partial charge < -0.3 is 10.2 Å². The molecular formula is C12H19N2. The molecule has 2 nitrogen and oxygen atoms in total. The normalized spacial score (nSPS) is 13.1. The molecule has 0 amide bonds. The molecule has 0 heterocycles. The monoisotopic (exact) mass is 191 g/mol. The second kappa shape index (κ2) is 5.78. The van der Waals surface area contributed by atoms with Crippen molar-refractivity contribution in [1.29, 1.82) is 0 Å². The fourth-order valence-electron chi connectivity index (χ4n) is 1.15. The first kappa shape index (κ1) is 11.2. The minimum absolute atomic E-state index is 0.574. The van der Waals surface area contributed by atoms with E-state index >= 15 is 0 Å². The average Bonchev–Trinajstić information content (AvgIpc) is 2.19. The van der Waals surface area contributed by atoms with Gasteiger partial charge >= 0.3 is 0 Å². The average molecular weight is 191 g/mol. The van der Waals surface area contributed by atoms with Crippen molar-refractivity contribution in [3.8, 4) is 0 Å². The molecular weight excluding hydrogens is 172 g/mol. The Morgan fingerprint density at radius 2 is 2.00 bits per heavy atom. The second-order valence-corrected chi connectivity index (χ2v) is 3.85. The SMILES string of the molecule is CC(CNCc1cc[c]cc1)N(C)C. The van der Waals surface area contributed by atoms with Crippen LogP contribution >= 0.6 is 0 Å². The lowest BCUT2D eigenvalue weighted by Crippen LogP contribution is -2.35. The maximum absolute atomic E-state index is 3.43. The molecule has 0 aromatic heterocycles. The number of hydrogen-bond acceptors (Lipinski definition) is 2. The minimum atomic E-state index is 0.574. The van der Waals surface area contributed by atoms with Gasteiger partial charge in [-0.15, -0.1) is 0 Å². The Labute approximate surface area is 86.9 Å². The van der Waals surface area contributed by atoms with E-state index in [0.717, 1.165) is 13.1 Å². The van der Waals surface area contributed by atoms with Crippen molar-refractivity contribution in [1.82, 2.24) is 10.2 Å². The zero-order chi connectivity index (χ0) is 10.4. The summed E-state index contributed by atoms with van der Waals surface area (Å²) in [7, 11) is 4.20. The van der Waals surface area contributed by atoms with E-state index in [1.807, 2.05) is 12.1 Å². The van der Waals surface area contributed by atoms with Gasteiger partial charge in [-0.05, 0) is 32.6 Å². The van der Waals surface area contributed by atoms with Gasteiger partial charge in [0.2, 0.25) is 0 Å². The molecule has 0 aliphatic carbocycles. The van der Waals surface area contributed by atoms with Crippen LogP contribution < -0.4 is 5.32 Å². The molecule has 1 atom stereocenters. The Kier molecular flexibility index (Phi) is 4.63. The molecule has 1 N–H and O–H groups in total. The fraction of sp³-hybridized carbons (Fsp3) is 0.500. The van der Waals surface area contributed by atoms with Gasteiger partial charge in [0.1, 0.15) is 0 Å². The quantitative estimate of drug-likeness (QED) is 0.759. The van der Waals surface area contributed by atoms with E-state index in [2.05, 4.69) is 49.4 Å². The zero-order valence-electron chi connectivity index (χ0n) is 9.25. The van der Waals surface area contributed by atoms with Gasteiger partial charge in [0.25, 0.3) is 0 Å². The van der Waals surface area contributed by atoms with E-state index in [4.69, 9.17) is 0 Å². The topological polar surface area (TPSA) is 15.3 Å². The zero-order valence-corrected chi connectivity index (χ0v) is 9.25. The lowest BCUT2D eigenvalue weighted by atomic mass is 10.2. The van der Waals surface area contributed by atoms with Crippen molar-refractivity contribution in [2.75, 3.05) is 20.6 Å². The number of benzene rings is 1. The molecule has 0 bridgehead atoms. The highest BCUT2D eigenvalue weighted by atomic mass is 15.1. The highest BCUT2D eigenvalue weighted by Gasteiger charge is 2.02. The number of nitrogens with one attached hydrogen (secondary N) is 1. The summed E-state index contributed by atoms with van der Waals surface area (Å²) in [5.41, 5.74) is 1.31. The lowest BCUT2D eigenvalue weighted by molar-refractivity contribution is 0.302. The van der Waals surface area contributed by atoms with Crippen LogP contribution in [0.3, 0.4) is 0 Å². The van der Waals surface area contributed by atoms with Gasteiger partial charge in [0, 0.05) is 19.1 Å². The van der Waals surface area contributed by atoms with Gasteiger partial charge in [-0.2, -0.15) is 0 Å². The molecule has 0 aliphatic rings. The van der Waals surface area contributed by atoms with E-state index in [0.29, 0.717) is 6.04 Å². The lowest BCUT2D eigenvalue weighted by Gasteiger charge is -2.20. The molecule has 1 aromatic rings. The maximum atomic E-state index is 3.43. The molecule has 0 saturated heterocycles. The van der Waals surface area contributed by atoms with Crippen molar-refractivity contribution in [2.45, 2.75) is 19.5 Å².